The molecule has 0 aliphatic carbocycles. The molecule has 2 aromatic carbocycles. The van der Waals surface area contributed by atoms with Crippen LogP contribution in [0.25, 0.3) is 0 Å². The third kappa shape index (κ3) is 4.82. The molecule has 2 N–H and O–H groups in total. The number of ether oxygens (including phenoxy) is 2. The molecule has 3 unspecified atom stereocenters. The van der Waals surface area contributed by atoms with Gasteiger partial charge in [0.2, 0.25) is 11.8 Å². The number of methoxy groups -OCH3 is 2. The Balaban J connectivity index is 1.42. The van der Waals surface area contributed by atoms with Gasteiger partial charge in [0.1, 0.15) is 0 Å². The number of likely N-dealkylation sites (tertiary alicyclic amines) is 1. The smallest absolute Gasteiger partial charge is 0.247 e. The largest absolute Gasteiger partial charge is 0.493 e. The van der Waals surface area contributed by atoms with E-state index in [2.05, 4.69) is 22.6 Å². The zero-order valence-electron chi connectivity index (χ0n) is 19.4. The normalized spacial score (nSPS) is 22.7. The fraction of sp³-hybridized carbons (Fsp3) is 0.440. The Morgan fingerprint density at radius 1 is 1.09 bits per heavy atom. The van der Waals surface area contributed by atoms with Crippen molar-refractivity contribution in [1.29, 1.82) is 0 Å². The van der Waals surface area contributed by atoms with Gasteiger partial charge < -0.3 is 19.7 Å². The molecule has 0 bridgehead atoms. The van der Waals surface area contributed by atoms with E-state index in [1.54, 1.807) is 19.2 Å². The van der Waals surface area contributed by atoms with Gasteiger partial charge >= 0.3 is 0 Å². The molecule has 0 aromatic heterocycles. The molecule has 0 saturated carbocycles. The van der Waals surface area contributed by atoms with Crippen molar-refractivity contribution in [2.75, 3.05) is 45.4 Å². The molecule has 2 heterocycles. The Bertz CT molecular complexity index is 984. The van der Waals surface area contributed by atoms with Gasteiger partial charge in [-0.2, -0.15) is 0 Å². The summed E-state index contributed by atoms with van der Waals surface area (Å²) >= 11 is 0. The molecular weight excluding hydrogens is 420 g/mol. The summed E-state index contributed by atoms with van der Waals surface area (Å²) in [5.74, 6) is 0.779. The van der Waals surface area contributed by atoms with Gasteiger partial charge in [0.05, 0.1) is 37.8 Å². The molecule has 2 saturated heterocycles. The lowest BCUT2D eigenvalue weighted by molar-refractivity contribution is -0.129. The number of benzene rings is 2. The zero-order chi connectivity index (χ0) is 23.4. The number of hydrogen-bond acceptors (Lipinski definition) is 6. The summed E-state index contributed by atoms with van der Waals surface area (Å²) in [6, 6.07) is 15.1. The molecule has 8 nitrogen and oxygen atoms in total. The number of piperidine rings is 1. The lowest BCUT2D eigenvalue weighted by Crippen LogP contribution is -2.57. The number of para-hydroxylation sites is 1. The van der Waals surface area contributed by atoms with E-state index >= 15 is 0 Å². The minimum Gasteiger partial charge on any atom is -0.493 e. The first-order chi connectivity index (χ1) is 16.0. The Hall–Kier alpha value is -3.10. The van der Waals surface area contributed by atoms with Crippen LogP contribution in [0.2, 0.25) is 0 Å². The second kappa shape index (κ2) is 10.2. The lowest BCUT2D eigenvalue weighted by atomic mass is 9.84. The fourth-order valence-corrected chi connectivity index (χ4v) is 4.71. The van der Waals surface area contributed by atoms with Crippen molar-refractivity contribution in [3.8, 4) is 11.5 Å². The molecule has 33 heavy (non-hydrogen) atoms. The molecule has 2 amide bonds. The third-order valence-corrected chi connectivity index (χ3v) is 6.55. The Kier molecular flexibility index (Phi) is 7.15. The van der Waals surface area contributed by atoms with Gasteiger partial charge in [-0.05, 0) is 42.8 Å². The predicted octanol–water partition coefficient (Wildman–Crippen LogP) is 1.85. The van der Waals surface area contributed by atoms with Crippen molar-refractivity contribution in [1.82, 2.24) is 15.6 Å². The van der Waals surface area contributed by atoms with Crippen LogP contribution in [0, 0.1) is 11.8 Å². The average Bonchev–Trinajstić information content (AvgIpc) is 3.19. The maximum Gasteiger partial charge on any atom is 0.247 e. The maximum absolute atomic E-state index is 13.2. The summed E-state index contributed by atoms with van der Waals surface area (Å²) in [5.41, 5.74) is 5.19. The van der Waals surface area contributed by atoms with Gasteiger partial charge in [-0.25, -0.2) is 10.4 Å². The number of nitrogens with one attached hydrogen (secondary N) is 2. The van der Waals surface area contributed by atoms with Crippen LogP contribution in [-0.2, 0) is 16.0 Å². The average molecular weight is 453 g/mol. The first-order valence-electron chi connectivity index (χ1n) is 11.4. The highest BCUT2D eigenvalue weighted by atomic mass is 16.5. The molecule has 8 heteroatoms. The summed E-state index contributed by atoms with van der Waals surface area (Å²) in [5, 5.41) is 4.70. The monoisotopic (exact) mass is 452 g/mol. The van der Waals surface area contributed by atoms with E-state index < -0.39 is 0 Å². The van der Waals surface area contributed by atoms with Crippen molar-refractivity contribution in [3.63, 3.8) is 0 Å². The standard InChI is InChI=1S/C25H32N4O4/c1-4-28-15-19(23-20(16-28)25(31)29(27-23)18-8-6-5-7-9-18)24(30)26-13-12-17-10-11-21(32-2)22(14-17)33-3/h5-11,14,19-20,23,27H,4,12-13,15-16H2,1-3H3,(H,26,30). The third-order valence-electron chi connectivity index (χ3n) is 6.55. The van der Waals surface area contributed by atoms with Crippen LogP contribution in [0.15, 0.2) is 48.5 Å². The van der Waals surface area contributed by atoms with Crippen LogP contribution in [-0.4, -0.2) is 63.2 Å². The molecule has 2 aromatic rings. The minimum absolute atomic E-state index is 0.0208. The Morgan fingerprint density at radius 3 is 2.55 bits per heavy atom. The van der Waals surface area contributed by atoms with Crippen LogP contribution in [0.3, 0.4) is 0 Å². The molecule has 176 valence electrons. The molecule has 2 aliphatic rings. The fourth-order valence-electron chi connectivity index (χ4n) is 4.71. The molecule has 0 spiro atoms. The molecule has 4 rings (SSSR count). The number of carbonyl (C=O) groups excluding carboxylic acids is 2. The number of anilines is 1. The van der Waals surface area contributed by atoms with E-state index in [-0.39, 0.29) is 29.7 Å². The van der Waals surface area contributed by atoms with Gasteiger partial charge in [-0.15, -0.1) is 0 Å². The van der Waals surface area contributed by atoms with Gasteiger partial charge in [0, 0.05) is 19.6 Å². The van der Waals surface area contributed by atoms with E-state index in [1.807, 2.05) is 48.5 Å². The van der Waals surface area contributed by atoms with Crippen LogP contribution in [0.1, 0.15) is 12.5 Å². The molecule has 3 atom stereocenters. The van der Waals surface area contributed by atoms with Crippen LogP contribution < -0.4 is 25.2 Å². The summed E-state index contributed by atoms with van der Waals surface area (Å²) in [4.78, 5) is 28.6. The van der Waals surface area contributed by atoms with Crippen LogP contribution in [0.5, 0.6) is 11.5 Å². The SMILES string of the molecule is CCN1CC(C(=O)NCCc2ccc(OC)c(OC)c2)C2NN(c3ccccc3)C(=O)C2C1. The topological polar surface area (TPSA) is 83.1 Å². The van der Waals surface area contributed by atoms with Crippen LogP contribution >= 0.6 is 0 Å². The summed E-state index contributed by atoms with van der Waals surface area (Å²) in [7, 11) is 3.21. The Morgan fingerprint density at radius 2 is 1.85 bits per heavy atom. The highest BCUT2D eigenvalue weighted by Crippen LogP contribution is 2.32. The van der Waals surface area contributed by atoms with Crippen molar-refractivity contribution in [2.24, 2.45) is 11.8 Å². The summed E-state index contributed by atoms with van der Waals surface area (Å²) in [6.07, 6.45) is 0.674. The highest BCUT2D eigenvalue weighted by Gasteiger charge is 2.50. The molecule has 2 fully saturated rings. The number of amides is 2. The van der Waals surface area contributed by atoms with Crippen molar-refractivity contribution < 1.29 is 19.1 Å². The second-order valence-electron chi connectivity index (χ2n) is 8.46. The molecule has 0 radical (unpaired) electrons. The number of hydrazine groups is 1. The van der Waals surface area contributed by atoms with Crippen molar-refractivity contribution >= 4 is 17.5 Å². The van der Waals surface area contributed by atoms with Crippen molar-refractivity contribution in [2.45, 2.75) is 19.4 Å². The van der Waals surface area contributed by atoms with Gasteiger partial charge in [-0.1, -0.05) is 31.2 Å². The summed E-state index contributed by atoms with van der Waals surface area (Å²) < 4.78 is 10.7. The van der Waals surface area contributed by atoms with Gasteiger partial charge in [-0.3, -0.25) is 9.59 Å². The van der Waals surface area contributed by atoms with E-state index in [0.29, 0.717) is 37.6 Å². The number of carbonyl (C=O) groups is 2. The summed E-state index contributed by atoms with van der Waals surface area (Å²) in [6.45, 7) is 4.66. The van der Waals surface area contributed by atoms with E-state index in [9.17, 15) is 9.59 Å². The number of fused-ring (bicyclic) bond motifs is 1. The van der Waals surface area contributed by atoms with E-state index in [0.717, 1.165) is 17.8 Å². The predicted molar refractivity (Wildman–Crippen MR) is 126 cm³/mol. The highest BCUT2D eigenvalue weighted by molar-refractivity contribution is 5.98. The second-order valence-corrected chi connectivity index (χ2v) is 8.46. The quantitative estimate of drug-likeness (QED) is 0.636. The number of rotatable bonds is 8. The van der Waals surface area contributed by atoms with Gasteiger partial charge in [0.25, 0.3) is 0 Å². The minimum atomic E-state index is -0.313. The first-order valence-corrected chi connectivity index (χ1v) is 11.4. The van der Waals surface area contributed by atoms with Crippen LogP contribution in [0.4, 0.5) is 5.69 Å². The van der Waals surface area contributed by atoms with E-state index in [4.69, 9.17) is 9.47 Å². The number of hydrogen-bond donors (Lipinski definition) is 2. The zero-order valence-corrected chi connectivity index (χ0v) is 19.4. The molecule has 2 aliphatic heterocycles. The first kappa shape index (κ1) is 23.1. The molecular formula is C25H32N4O4. The van der Waals surface area contributed by atoms with Crippen molar-refractivity contribution in [3.05, 3.63) is 54.1 Å². The maximum atomic E-state index is 13.2. The lowest BCUT2D eigenvalue weighted by Gasteiger charge is -2.37. The Labute approximate surface area is 194 Å². The van der Waals surface area contributed by atoms with Gasteiger partial charge in [0.15, 0.2) is 11.5 Å². The van der Waals surface area contributed by atoms with E-state index in [1.165, 1.54) is 0 Å². The number of nitrogens with zero attached hydrogens (tertiary/aromatic N) is 2.